The zero-order valence-corrected chi connectivity index (χ0v) is 44.1. The van der Waals surface area contributed by atoms with Gasteiger partial charge in [-0.15, -0.1) is 0 Å². The highest BCUT2D eigenvalue weighted by atomic mass is 28.4. The summed E-state index contributed by atoms with van der Waals surface area (Å²) < 4.78 is 42.9. The lowest BCUT2D eigenvalue weighted by molar-refractivity contribution is -0.172. The van der Waals surface area contributed by atoms with E-state index in [4.69, 9.17) is 40.0 Å². The first-order valence-corrected chi connectivity index (χ1v) is 27.8. The molecule has 20 heteroatoms. The summed E-state index contributed by atoms with van der Waals surface area (Å²) in [5.74, 6) is -1.67. The van der Waals surface area contributed by atoms with Crippen LogP contribution in [0.4, 0.5) is 10.5 Å². The molecule has 0 radical (unpaired) electrons. The molecule has 0 aliphatic carbocycles. The standard InChI is InChI=1S/C53H69N7O12Si/c1-9-40-41-27-39(72-73(7,8)52(3,4)5)20-21-45(41)58-47-42(40)29-60-46(47)28-44-43(49(60)64)33-69-50(65)53(44,6)71-51(66)70-30-34-16-18-36(19-17-34)57-48(63)35(14-11-12-22-55-10-2)26-38(62)32-68-31-37(61)15-13-24-67-25-23-56-59-54/h16-21,27-28,35,55H,9-15,22-26,29-33H2,1-8H3,(H,57,63)/i2T. The summed E-state index contributed by atoms with van der Waals surface area (Å²) >= 11 is 0. The molecular formula is C53H69N7O12Si. The third-order valence-corrected chi connectivity index (χ3v) is 18.0. The molecule has 2 aromatic heterocycles. The van der Waals surface area contributed by atoms with Gasteiger partial charge in [0.25, 0.3) is 5.56 Å². The molecule has 19 nitrogen and oxygen atoms in total. The highest BCUT2D eigenvalue weighted by molar-refractivity contribution is 6.74. The quantitative estimate of drug-likeness (QED) is 0.0124. The van der Waals surface area contributed by atoms with Crippen LogP contribution in [0.2, 0.25) is 18.1 Å². The number of benzene rings is 2. The number of aryl methyl sites for hydroxylation is 1. The highest BCUT2D eigenvalue weighted by Crippen LogP contribution is 2.42. The molecule has 2 aromatic carbocycles. The lowest BCUT2D eigenvalue weighted by atomic mass is 9.89. The Hall–Kier alpha value is -6.44. The van der Waals surface area contributed by atoms with Crippen molar-refractivity contribution < 1.29 is 53.5 Å². The van der Waals surface area contributed by atoms with E-state index in [9.17, 15) is 28.8 Å². The number of hydrogen-bond acceptors (Lipinski definition) is 15. The van der Waals surface area contributed by atoms with E-state index in [0.717, 1.165) is 34.2 Å². The Morgan fingerprint density at radius 3 is 2.51 bits per heavy atom. The fourth-order valence-electron chi connectivity index (χ4n) is 8.56. The van der Waals surface area contributed by atoms with Gasteiger partial charge in [-0.05, 0) is 117 Å². The Balaban J connectivity index is 1.07. The van der Waals surface area contributed by atoms with Crippen molar-refractivity contribution in [2.45, 2.75) is 130 Å². The maximum absolute atomic E-state index is 14.2. The van der Waals surface area contributed by atoms with Crippen molar-refractivity contribution in [3.05, 3.63) is 97.1 Å². The summed E-state index contributed by atoms with van der Waals surface area (Å²) in [6, 6.07) is 14.1. The normalized spacial score (nSPS) is 15.5. The number of rotatable bonds is 27. The second kappa shape index (κ2) is 25.0. The third-order valence-electron chi connectivity index (χ3n) is 13.6. The number of azide groups is 1. The summed E-state index contributed by atoms with van der Waals surface area (Å²) in [7, 11) is -2.13. The number of amides is 1. The summed E-state index contributed by atoms with van der Waals surface area (Å²) in [6.07, 6.45) is 1.84. The lowest BCUT2D eigenvalue weighted by Crippen LogP contribution is -2.45. The van der Waals surface area contributed by atoms with Gasteiger partial charge >= 0.3 is 12.1 Å². The number of hydrogen-bond donors (Lipinski definition) is 2. The summed E-state index contributed by atoms with van der Waals surface area (Å²) in [5.41, 5.74) is 11.0. The molecule has 4 aromatic rings. The number of esters is 1. The first-order valence-electron chi connectivity index (χ1n) is 25.6. The number of nitrogens with zero attached hydrogens (tertiary/aromatic N) is 5. The minimum atomic E-state index is -2.13. The number of ether oxygens (including phenoxy) is 5. The van der Waals surface area contributed by atoms with Crippen LogP contribution < -0.4 is 20.6 Å². The number of carbonyl (C=O) groups is 5. The molecule has 2 aliphatic rings. The maximum atomic E-state index is 14.2. The van der Waals surface area contributed by atoms with Crippen LogP contribution in [-0.4, -0.2) is 93.5 Å². The highest BCUT2D eigenvalue weighted by Gasteiger charge is 2.49. The Bertz CT molecular complexity index is 2810. The van der Waals surface area contributed by atoms with Gasteiger partial charge in [0.15, 0.2) is 11.6 Å². The lowest BCUT2D eigenvalue weighted by Gasteiger charge is -2.36. The van der Waals surface area contributed by atoms with Gasteiger partial charge in [-0.25, -0.2) is 14.6 Å². The van der Waals surface area contributed by atoms with Gasteiger partial charge in [0.05, 0.1) is 35.6 Å². The molecule has 6 rings (SSSR count). The van der Waals surface area contributed by atoms with E-state index in [2.05, 4.69) is 61.4 Å². The van der Waals surface area contributed by atoms with Crippen LogP contribution in [0.5, 0.6) is 5.75 Å². The molecule has 0 spiro atoms. The molecule has 2 N–H and O–H groups in total. The Kier molecular flexibility index (Phi) is 18.6. The number of anilines is 1. The number of ketones is 2. The predicted octanol–water partition coefficient (Wildman–Crippen LogP) is 8.98. The maximum Gasteiger partial charge on any atom is 0.510 e. The molecule has 0 saturated heterocycles. The van der Waals surface area contributed by atoms with Gasteiger partial charge in [0, 0.05) is 60.4 Å². The van der Waals surface area contributed by atoms with Gasteiger partial charge < -0.3 is 43.3 Å². The molecule has 0 saturated carbocycles. The minimum absolute atomic E-state index is 0.00377. The van der Waals surface area contributed by atoms with Gasteiger partial charge in [0.2, 0.25) is 19.8 Å². The van der Waals surface area contributed by atoms with E-state index in [1.807, 2.05) is 18.2 Å². The topological polar surface area (TPSA) is 248 Å². The zero-order chi connectivity index (χ0) is 53.6. The molecule has 2 unspecified atom stereocenters. The third kappa shape index (κ3) is 14.0. The molecule has 392 valence electrons. The van der Waals surface area contributed by atoms with Crippen LogP contribution in [0.25, 0.3) is 32.7 Å². The molecule has 4 heterocycles. The predicted molar refractivity (Wildman–Crippen MR) is 277 cm³/mol. The average molecular weight is 1030 g/mol. The van der Waals surface area contributed by atoms with Gasteiger partial charge in [-0.2, -0.15) is 0 Å². The number of nitrogens with one attached hydrogen (secondary N) is 2. The fraction of sp³-hybridized carbons (Fsp3) is 0.528. The second-order valence-electron chi connectivity index (χ2n) is 19.9. The van der Waals surface area contributed by atoms with Gasteiger partial charge in [-0.1, -0.05) is 58.3 Å². The van der Waals surface area contributed by atoms with Crippen molar-refractivity contribution >= 4 is 54.5 Å². The average Bonchev–Trinajstić information content (AvgIpc) is 3.72. The smallest absolute Gasteiger partial charge is 0.510 e. The van der Waals surface area contributed by atoms with Crippen molar-refractivity contribution in [2.75, 3.05) is 51.4 Å². The molecule has 73 heavy (non-hydrogen) atoms. The molecule has 0 bridgehead atoms. The Morgan fingerprint density at radius 1 is 1.01 bits per heavy atom. The van der Waals surface area contributed by atoms with Crippen LogP contribution in [0.3, 0.4) is 0 Å². The minimum Gasteiger partial charge on any atom is -0.543 e. The number of cyclic esters (lactones) is 1. The van der Waals surface area contributed by atoms with E-state index < -0.39 is 32.0 Å². The number of fused-ring (bicyclic) bond motifs is 5. The molecule has 1 amide bonds. The van der Waals surface area contributed by atoms with Crippen molar-refractivity contribution in [1.29, 1.82) is 0 Å². The number of carbonyl (C=O) groups excluding carboxylic acids is 5. The van der Waals surface area contributed by atoms with Crippen LogP contribution in [-0.2, 0) is 74.6 Å². The first kappa shape index (κ1) is 54.3. The summed E-state index contributed by atoms with van der Waals surface area (Å²) in [6.45, 7) is 15.8. The summed E-state index contributed by atoms with van der Waals surface area (Å²) in [5, 5.41) is 10.3. The number of unbranched alkanes of at least 4 members (excludes halogenated alkanes) is 1. The van der Waals surface area contributed by atoms with Crippen LogP contribution in [0.1, 0.15) is 109 Å². The zero-order valence-electron chi connectivity index (χ0n) is 44.1. The monoisotopic (exact) mass is 1030 g/mol. The van der Waals surface area contributed by atoms with Crippen molar-refractivity contribution in [3.63, 3.8) is 0 Å². The van der Waals surface area contributed by atoms with Crippen LogP contribution >= 0.6 is 0 Å². The van der Waals surface area contributed by atoms with E-state index in [0.29, 0.717) is 68.0 Å². The van der Waals surface area contributed by atoms with E-state index in [-0.39, 0.29) is 105 Å². The van der Waals surface area contributed by atoms with E-state index >= 15 is 0 Å². The summed E-state index contributed by atoms with van der Waals surface area (Å²) in [4.78, 5) is 87.6. The second-order valence-corrected chi connectivity index (χ2v) is 24.7. The van der Waals surface area contributed by atoms with Gasteiger partial charge in [-0.3, -0.25) is 19.2 Å². The van der Waals surface area contributed by atoms with E-state index in [1.54, 1.807) is 34.9 Å². The largest absolute Gasteiger partial charge is 0.543 e. The van der Waals surface area contributed by atoms with Gasteiger partial charge in [0.1, 0.15) is 32.2 Å². The number of Topliss-reactive ketones (excluding diaryl/α,β-unsaturated/α-hetero) is 2. The van der Waals surface area contributed by atoms with Crippen LogP contribution in [0, 0.1) is 5.92 Å². The van der Waals surface area contributed by atoms with Crippen molar-refractivity contribution in [1.82, 2.24) is 14.9 Å². The Labute approximate surface area is 428 Å². The van der Waals surface area contributed by atoms with Crippen molar-refractivity contribution in [2.24, 2.45) is 11.0 Å². The number of pyridine rings is 2. The fourth-order valence-corrected chi connectivity index (χ4v) is 9.58. The van der Waals surface area contributed by atoms with Crippen LogP contribution in [0.15, 0.2) is 58.4 Å². The molecule has 2 aliphatic heterocycles. The molecule has 2 atom stereocenters. The SMILES string of the molecule is [3H]CCNCCCCC(CC(=O)COCC(=O)CCCOCCN=[N+]=[N-])C(=O)Nc1ccc(COC(=O)OC2(C)C(=O)OCc3c2cc2n(c3=O)Cc3c-2nc2ccc(O[Si](C)(C)C(C)(C)C)cc2c3CC)cc1. The number of aromatic nitrogens is 2. The molecule has 0 fully saturated rings. The van der Waals surface area contributed by atoms with E-state index in [1.165, 1.54) is 6.92 Å². The van der Waals surface area contributed by atoms with Crippen molar-refractivity contribution in [3.8, 4) is 17.1 Å². The molecular weight excluding hydrogens is 955 g/mol. The Morgan fingerprint density at radius 2 is 1.78 bits per heavy atom. The first-order chi connectivity index (χ1) is 35.3.